The molecule has 0 saturated heterocycles. The summed E-state index contributed by atoms with van der Waals surface area (Å²) in [6.45, 7) is 5.84. The standard InChI is InChI=1S/C12H20N2O/c1-4-13-12(9-15-3)7-11-6-5-10(2)8-14-11/h5-6,8,12-13H,4,7,9H2,1-3H3. The van der Waals surface area contributed by atoms with Crippen LogP contribution in [0, 0.1) is 6.92 Å². The first-order valence-corrected chi connectivity index (χ1v) is 5.40. The topological polar surface area (TPSA) is 34.1 Å². The third-order valence-electron chi connectivity index (χ3n) is 2.29. The molecule has 0 aliphatic heterocycles. The fourth-order valence-corrected chi connectivity index (χ4v) is 1.55. The van der Waals surface area contributed by atoms with Gasteiger partial charge in [0.15, 0.2) is 0 Å². The number of rotatable bonds is 6. The van der Waals surface area contributed by atoms with E-state index in [0.717, 1.165) is 25.3 Å². The summed E-state index contributed by atoms with van der Waals surface area (Å²) < 4.78 is 5.16. The van der Waals surface area contributed by atoms with Gasteiger partial charge in [0.05, 0.1) is 6.61 Å². The number of likely N-dealkylation sites (N-methyl/N-ethyl adjacent to an activating group) is 1. The molecule has 0 aliphatic carbocycles. The molecule has 0 amide bonds. The van der Waals surface area contributed by atoms with E-state index in [0.29, 0.717) is 6.04 Å². The van der Waals surface area contributed by atoms with Crippen molar-refractivity contribution in [2.75, 3.05) is 20.3 Å². The summed E-state index contributed by atoms with van der Waals surface area (Å²) in [5.74, 6) is 0. The van der Waals surface area contributed by atoms with Crippen LogP contribution in [0.25, 0.3) is 0 Å². The number of nitrogens with zero attached hydrogens (tertiary/aromatic N) is 1. The van der Waals surface area contributed by atoms with Gasteiger partial charge in [-0.05, 0) is 25.1 Å². The lowest BCUT2D eigenvalue weighted by Gasteiger charge is -2.16. The molecule has 0 fully saturated rings. The Hall–Kier alpha value is -0.930. The molecular weight excluding hydrogens is 188 g/mol. The van der Waals surface area contributed by atoms with Crippen molar-refractivity contribution < 1.29 is 4.74 Å². The Labute approximate surface area is 91.9 Å². The van der Waals surface area contributed by atoms with Crippen molar-refractivity contribution in [1.82, 2.24) is 10.3 Å². The van der Waals surface area contributed by atoms with Crippen molar-refractivity contribution in [3.63, 3.8) is 0 Å². The van der Waals surface area contributed by atoms with E-state index >= 15 is 0 Å². The summed E-state index contributed by atoms with van der Waals surface area (Å²) in [5.41, 5.74) is 2.31. The number of aromatic nitrogens is 1. The lowest BCUT2D eigenvalue weighted by molar-refractivity contribution is 0.166. The van der Waals surface area contributed by atoms with Gasteiger partial charge in [-0.3, -0.25) is 4.98 Å². The predicted octanol–water partition coefficient (Wildman–Crippen LogP) is 1.56. The summed E-state index contributed by atoms with van der Waals surface area (Å²) in [6, 6.07) is 4.53. The summed E-state index contributed by atoms with van der Waals surface area (Å²) in [5, 5.41) is 3.38. The monoisotopic (exact) mass is 208 g/mol. The highest BCUT2D eigenvalue weighted by Crippen LogP contribution is 2.02. The molecule has 3 nitrogen and oxygen atoms in total. The van der Waals surface area contributed by atoms with Gasteiger partial charge in [0, 0.05) is 31.5 Å². The molecule has 1 N–H and O–H groups in total. The SMILES string of the molecule is CCNC(COC)Cc1ccc(C)cn1. The summed E-state index contributed by atoms with van der Waals surface area (Å²) in [4.78, 5) is 4.39. The molecule has 1 heterocycles. The Morgan fingerprint density at radius 2 is 2.27 bits per heavy atom. The fraction of sp³-hybridized carbons (Fsp3) is 0.583. The van der Waals surface area contributed by atoms with Gasteiger partial charge in [-0.25, -0.2) is 0 Å². The Kier molecular flexibility index (Phi) is 5.29. The van der Waals surface area contributed by atoms with Crippen LogP contribution < -0.4 is 5.32 Å². The van der Waals surface area contributed by atoms with Crippen LogP contribution in [0.1, 0.15) is 18.2 Å². The predicted molar refractivity (Wildman–Crippen MR) is 62.0 cm³/mol. The van der Waals surface area contributed by atoms with Gasteiger partial charge in [-0.1, -0.05) is 13.0 Å². The first-order chi connectivity index (χ1) is 7.26. The smallest absolute Gasteiger partial charge is 0.0619 e. The molecule has 0 aromatic carbocycles. The van der Waals surface area contributed by atoms with E-state index in [1.54, 1.807) is 7.11 Å². The van der Waals surface area contributed by atoms with Crippen LogP contribution in [-0.2, 0) is 11.2 Å². The number of nitrogens with one attached hydrogen (secondary N) is 1. The number of ether oxygens (including phenoxy) is 1. The van der Waals surface area contributed by atoms with E-state index in [2.05, 4.69) is 29.4 Å². The minimum atomic E-state index is 0.357. The minimum absolute atomic E-state index is 0.357. The van der Waals surface area contributed by atoms with Crippen molar-refractivity contribution in [1.29, 1.82) is 0 Å². The van der Waals surface area contributed by atoms with Gasteiger partial charge < -0.3 is 10.1 Å². The molecule has 0 saturated carbocycles. The maximum atomic E-state index is 5.16. The average Bonchev–Trinajstić information content (AvgIpc) is 2.22. The van der Waals surface area contributed by atoms with Gasteiger partial charge in [-0.2, -0.15) is 0 Å². The van der Waals surface area contributed by atoms with Gasteiger partial charge in [0.2, 0.25) is 0 Å². The van der Waals surface area contributed by atoms with Crippen LogP contribution in [0.2, 0.25) is 0 Å². The summed E-state index contributed by atoms with van der Waals surface area (Å²) in [7, 11) is 1.73. The number of pyridine rings is 1. The first-order valence-electron chi connectivity index (χ1n) is 5.40. The Bertz CT molecular complexity index is 265. The Balaban J connectivity index is 2.53. The zero-order chi connectivity index (χ0) is 11.1. The largest absolute Gasteiger partial charge is 0.383 e. The van der Waals surface area contributed by atoms with Crippen LogP contribution in [0.15, 0.2) is 18.3 Å². The number of aryl methyl sites for hydroxylation is 1. The van der Waals surface area contributed by atoms with Gasteiger partial charge in [0.25, 0.3) is 0 Å². The zero-order valence-electron chi connectivity index (χ0n) is 9.79. The van der Waals surface area contributed by atoms with E-state index in [4.69, 9.17) is 4.74 Å². The lowest BCUT2D eigenvalue weighted by Crippen LogP contribution is -2.35. The first kappa shape index (κ1) is 12.1. The van der Waals surface area contributed by atoms with E-state index in [-0.39, 0.29) is 0 Å². The summed E-state index contributed by atoms with van der Waals surface area (Å²) >= 11 is 0. The van der Waals surface area contributed by atoms with E-state index in [1.165, 1.54) is 5.56 Å². The van der Waals surface area contributed by atoms with Gasteiger partial charge in [-0.15, -0.1) is 0 Å². The van der Waals surface area contributed by atoms with E-state index in [1.807, 2.05) is 13.1 Å². The van der Waals surface area contributed by atoms with Crippen LogP contribution in [0.3, 0.4) is 0 Å². The quantitative estimate of drug-likeness (QED) is 0.770. The summed E-state index contributed by atoms with van der Waals surface area (Å²) in [6.07, 6.45) is 2.83. The second-order valence-corrected chi connectivity index (χ2v) is 3.74. The normalized spacial score (nSPS) is 12.7. The molecule has 1 aromatic heterocycles. The molecule has 15 heavy (non-hydrogen) atoms. The third-order valence-corrected chi connectivity index (χ3v) is 2.29. The number of methoxy groups -OCH3 is 1. The third kappa shape index (κ3) is 4.40. The molecule has 1 unspecified atom stereocenters. The van der Waals surface area contributed by atoms with E-state index in [9.17, 15) is 0 Å². The lowest BCUT2D eigenvalue weighted by atomic mass is 10.1. The highest BCUT2D eigenvalue weighted by Gasteiger charge is 2.08. The highest BCUT2D eigenvalue weighted by molar-refractivity contribution is 5.13. The van der Waals surface area contributed by atoms with Crippen molar-refractivity contribution in [3.05, 3.63) is 29.6 Å². The molecule has 84 valence electrons. The van der Waals surface area contributed by atoms with Crippen molar-refractivity contribution in [2.24, 2.45) is 0 Å². The second kappa shape index (κ2) is 6.53. The Morgan fingerprint density at radius 3 is 2.80 bits per heavy atom. The Morgan fingerprint density at radius 1 is 1.47 bits per heavy atom. The zero-order valence-corrected chi connectivity index (χ0v) is 9.79. The number of hydrogen-bond acceptors (Lipinski definition) is 3. The average molecular weight is 208 g/mol. The molecule has 1 rings (SSSR count). The molecular formula is C12H20N2O. The van der Waals surface area contributed by atoms with Gasteiger partial charge in [0.1, 0.15) is 0 Å². The maximum Gasteiger partial charge on any atom is 0.0619 e. The van der Waals surface area contributed by atoms with Crippen molar-refractivity contribution >= 4 is 0 Å². The number of hydrogen-bond donors (Lipinski definition) is 1. The molecule has 0 spiro atoms. The molecule has 1 atom stereocenters. The van der Waals surface area contributed by atoms with Crippen molar-refractivity contribution in [2.45, 2.75) is 26.3 Å². The molecule has 3 heteroatoms. The minimum Gasteiger partial charge on any atom is -0.383 e. The fourth-order valence-electron chi connectivity index (χ4n) is 1.55. The molecule has 0 bridgehead atoms. The second-order valence-electron chi connectivity index (χ2n) is 3.74. The van der Waals surface area contributed by atoms with Crippen LogP contribution in [0.4, 0.5) is 0 Å². The van der Waals surface area contributed by atoms with Crippen LogP contribution in [-0.4, -0.2) is 31.3 Å². The van der Waals surface area contributed by atoms with Crippen LogP contribution >= 0.6 is 0 Å². The van der Waals surface area contributed by atoms with Gasteiger partial charge >= 0.3 is 0 Å². The van der Waals surface area contributed by atoms with Crippen LogP contribution in [0.5, 0.6) is 0 Å². The molecule has 0 radical (unpaired) electrons. The molecule has 1 aromatic rings. The van der Waals surface area contributed by atoms with Crippen molar-refractivity contribution in [3.8, 4) is 0 Å². The highest BCUT2D eigenvalue weighted by atomic mass is 16.5. The molecule has 0 aliphatic rings. The van der Waals surface area contributed by atoms with E-state index < -0.39 is 0 Å². The maximum absolute atomic E-state index is 5.16.